The minimum atomic E-state index is -0.296. The Morgan fingerprint density at radius 2 is 1.79 bits per heavy atom. The number of benzene rings is 3. The third kappa shape index (κ3) is 4.35. The molecule has 1 aliphatic heterocycles. The van der Waals surface area contributed by atoms with Crippen LogP contribution in [-0.4, -0.2) is 23.9 Å². The maximum atomic E-state index is 13.2. The molecule has 34 heavy (non-hydrogen) atoms. The first-order valence-electron chi connectivity index (χ1n) is 11.2. The average Bonchev–Trinajstić information content (AvgIpc) is 3.31. The van der Waals surface area contributed by atoms with Gasteiger partial charge in [-0.3, -0.25) is 4.79 Å². The maximum Gasteiger partial charge on any atom is 0.272 e. The summed E-state index contributed by atoms with van der Waals surface area (Å²) in [5.41, 5.74) is 8.78. The number of pyridine rings is 1. The van der Waals surface area contributed by atoms with Gasteiger partial charge >= 0.3 is 0 Å². The molecule has 0 radical (unpaired) electrons. The number of aryl methyl sites for hydroxylation is 1. The molecule has 170 valence electrons. The largest absolute Gasteiger partial charge is 0.454 e. The molecule has 1 aromatic heterocycles. The van der Waals surface area contributed by atoms with Crippen molar-refractivity contribution >= 4 is 23.0 Å². The van der Waals surface area contributed by atoms with E-state index in [1.54, 1.807) is 6.21 Å². The summed E-state index contributed by atoms with van der Waals surface area (Å²) in [6.07, 6.45) is 1.58. The lowest BCUT2D eigenvalue weighted by Crippen LogP contribution is -2.18. The zero-order valence-electron chi connectivity index (χ0n) is 19.3. The second-order valence-electron chi connectivity index (χ2n) is 8.66. The van der Waals surface area contributed by atoms with E-state index in [9.17, 15) is 4.79 Å². The highest BCUT2D eigenvalue weighted by Gasteiger charge is 2.15. The molecule has 0 spiro atoms. The van der Waals surface area contributed by atoms with Crippen LogP contribution in [0, 0.1) is 6.92 Å². The van der Waals surface area contributed by atoms with Crippen LogP contribution in [0.4, 0.5) is 0 Å². The average molecular weight is 452 g/mol. The molecule has 1 aliphatic rings. The number of hydrogen-bond donors (Lipinski definition) is 1. The lowest BCUT2D eigenvalue weighted by atomic mass is 9.99. The minimum absolute atomic E-state index is 0.212. The van der Waals surface area contributed by atoms with Crippen LogP contribution >= 0.6 is 0 Å². The SMILES string of the molecule is Cc1ccc2nc(-c3ccc(C(C)C)cc3)cc(C(=O)N/N=C\c3ccc4c(c3)OCO4)c2c1. The molecule has 4 aromatic rings. The summed E-state index contributed by atoms with van der Waals surface area (Å²) in [5.74, 6) is 1.52. The number of aromatic nitrogens is 1. The summed E-state index contributed by atoms with van der Waals surface area (Å²) in [6.45, 7) is 6.54. The van der Waals surface area contributed by atoms with Crippen LogP contribution < -0.4 is 14.9 Å². The number of nitrogens with one attached hydrogen (secondary N) is 1. The molecule has 5 rings (SSSR count). The van der Waals surface area contributed by atoms with Gasteiger partial charge in [-0.2, -0.15) is 5.10 Å². The van der Waals surface area contributed by atoms with Crippen molar-refractivity contribution in [1.29, 1.82) is 0 Å². The van der Waals surface area contributed by atoms with E-state index in [1.807, 2.05) is 49.4 Å². The Balaban J connectivity index is 1.45. The van der Waals surface area contributed by atoms with Gasteiger partial charge in [0.25, 0.3) is 5.91 Å². The molecule has 0 unspecified atom stereocenters. The van der Waals surface area contributed by atoms with Crippen LogP contribution in [0.3, 0.4) is 0 Å². The highest BCUT2D eigenvalue weighted by atomic mass is 16.7. The second-order valence-corrected chi connectivity index (χ2v) is 8.66. The lowest BCUT2D eigenvalue weighted by molar-refractivity contribution is 0.0956. The predicted molar refractivity (Wildman–Crippen MR) is 134 cm³/mol. The number of carbonyl (C=O) groups excluding carboxylic acids is 1. The van der Waals surface area contributed by atoms with E-state index < -0.39 is 0 Å². The molecule has 0 saturated carbocycles. The van der Waals surface area contributed by atoms with E-state index in [1.165, 1.54) is 5.56 Å². The van der Waals surface area contributed by atoms with Gasteiger partial charge in [0.15, 0.2) is 11.5 Å². The summed E-state index contributed by atoms with van der Waals surface area (Å²) in [5, 5.41) is 4.95. The summed E-state index contributed by atoms with van der Waals surface area (Å²) in [6, 6.07) is 21.6. The van der Waals surface area contributed by atoms with Gasteiger partial charge in [-0.25, -0.2) is 10.4 Å². The molecule has 6 heteroatoms. The minimum Gasteiger partial charge on any atom is -0.454 e. The van der Waals surface area contributed by atoms with Crippen molar-refractivity contribution in [3.05, 3.63) is 89.0 Å². The first-order valence-corrected chi connectivity index (χ1v) is 11.2. The second kappa shape index (κ2) is 8.98. The normalized spacial score (nSPS) is 12.6. The lowest BCUT2D eigenvalue weighted by Gasteiger charge is -2.11. The van der Waals surface area contributed by atoms with Gasteiger partial charge in [-0.05, 0) is 60.4 Å². The first kappa shape index (κ1) is 21.6. The van der Waals surface area contributed by atoms with Gasteiger partial charge in [0.1, 0.15) is 0 Å². The number of nitrogens with zero attached hydrogens (tertiary/aromatic N) is 2. The van der Waals surface area contributed by atoms with Crippen molar-refractivity contribution in [2.24, 2.45) is 5.10 Å². The summed E-state index contributed by atoms with van der Waals surface area (Å²) in [7, 11) is 0. The van der Waals surface area contributed by atoms with Crippen LogP contribution in [0.15, 0.2) is 71.8 Å². The van der Waals surface area contributed by atoms with Gasteiger partial charge in [-0.1, -0.05) is 49.7 Å². The molecule has 1 amide bonds. The molecule has 6 nitrogen and oxygen atoms in total. The number of fused-ring (bicyclic) bond motifs is 2. The van der Waals surface area contributed by atoms with Crippen LogP contribution in [0.25, 0.3) is 22.2 Å². The fourth-order valence-corrected chi connectivity index (χ4v) is 3.93. The Morgan fingerprint density at radius 3 is 2.59 bits per heavy atom. The number of hydrogen-bond acceptors (Lipinski definition) is 5. The summed E-state index contributed by atoms with van der Waals surface area (Å²) in [4.78, 5) is 18.0. The van der Waals surface area contributed by atoms with E-state index in [-0.39, 0.29) is 12.7 Å². The van der Waals surface area contributed by atoms with Crippen molar-refractivity contribution in [2.75, 3.05) is 6.79 Å². The number of rotatable bonds is 5. The fourth-order valence-electron chi connectivity index (χ4n) is 3.93. The molecule has 2 heterocycles. The van der Waals surface area contributed by atoms with Crippen molar-refractivity contribution in [3.8, 4) is 22.8 Å². The van der Waals surface area contributed by atoms with Crippen LogP contribution in [0.2, 0.25) is 0 Å². The van der Waals surface area contributed by atoms with Crippen molar-refractivity contribution < 1.29 is 14.3 Å². The van der Waals surface area contributed by atoms with Gasteiger partial charge in [0.2, 0.25) is 6.79 Å². The van der Waals surface area contributed by atoms with Crippen molar-refractivity contribution in [1.82, 2.24) is 10.4 Å². The van der Waals surface area contributed by atoms with E-state index in [2.05, 4.69) is 48.6 Å². The number of ether oxygens (including phenoxy) is 2. The van der Waals surface area contributed by atoms with E-state index >= 15 is 0 Å². The standard InChI is InChI=1S/C28H25N3O3/c1-17(2)20-6-8-21(9-7-20)25-14-23(22-12-18(3)4-10-24(22)30-25)28(32)31-29-15-19-5-11-26-27(13-19)34-16-33-26/h4-15,17H,16H2,1-3H3,(H,31,32)/b29-15-. The van der Waals surface area contributed by atoms with E-state index in [0.29, 0.717) is 23.0 Å². The molecule has 0 aliphatic carbocycles. The Morgan fingerprint density at radius 1 is 1.00 bits per heavy atom. The molecule has 0 saturated heterocycles. The molecule has 0 fully saturated rings. The topological polar surface area (TPSA) is 72.8 Å². The van der Waals surface area contributed by atoms with Crippen molar-refractivity contribution in [3.63, 3.8) is 0 Å². The molecular formula is C28H25N3O3. The maximum absolute atomic E-state index is 13.2. The molecular weight excluding hydrogens is 426 g/mol. The van der Waals surface area contributed by atoms with E-state index in [0.717, 1.165) is 33.3 Å². The molecule has 1 N–H and O–H groups in total. The summed E-state index contributed by atoms with van der Waals surface area (Å²) < 4.78 is 10.7. The van der Waals surface area contributed by atoms with Crippen LogP contribution in [0.5, 0.6) is 11.5 Å². The van der Waals surface area contributed by atoms with E-state index in [4.69, 9.17) is 14.5 Å². The highest BCUT2D eigenvalue weighted by molar-refractivity contribution is 6.07. The van der Waals surface area contributed by atoms with Gasteiger partial charge < -0.3 is 9.47 Å². The zero-order chi connectivity index (χ0) is 23.7. The predicted octanol–water partition coefficient (Wildman–Crippen LogP) is 5.83. The van der Waals surface area contributed by atoms with Crippen LogP contribution in [-0.2, 0) is 0 Å². The Bertz CT molecular complexity index is 1410. The highest BCUT2D eigenvalue weighted by Crippen LogP contribution is 2.32. The van der Waals surface area contributed by atoms with Gasteiger partial charge in [0.05, 0.1) is 23.0 Å². The number of carbonyl (C=O) groups is 1. The zero-order valence-corrected chi connectivity index (χ0v) is 19.3. The van der Waals surface area contributed by atoms with Gasteiger partial charge in [-0.15, -0.1) is 0 Å². The number of amides is 1. The monoisotopic (exact) mass is 451 g/mol. The first-order chi connectivity index (χ1) is 16.5. The molecule has 0 bridgehead atoms. The van der Waals surface area contributed by atoms with Crippen molar-refractivity contribution in [2.45, 2.75) is 26.7 Å². The Kier molecular flexibility index (Phi) is 5.72. The third-order valence-corrected chi connectivity index (χ3v) is 5.86. The quantitative estimate of drug-likeness (QED) is 0.306. The molecule has 0 atom stereocenters. The Labute approximate surface area is 198 Å². The summed E-state index contributed by atoms with van der Waals surface area (Å²) >= 11 is 0. The van der Waals surface area contributed by atoms with Crippen LogP contribution in [0.1, 0.15) is 46.8 Å². The Hall–Kier alpha value is -4.19. The van der Waals surface area contributed by atoms with Gasteiger partial charge in [0, 0.05) is 10.9 Å². The fraction of sp³-hybridized carbons (Fsp3) is 0.179. The third-order valence-electron chi connectivity index (χ3n) is 5.86. The number of hydrazone groups is 1. The smallest absolute Gasteiger partial charge is 0.272 e. The molecule has 3 aromatic carbocycles.